The number of oxazole rings is 1. The third kappa shape index (κ3) is 4.22. The van der Waals surface area contributed by atoms with Gasteiger partial charge in [0.1, 0.15) is 16.2 Å². The van der Waals surface area contributed by atoms with Gasteiger partial charge in [-0.05, 0) is 49.2 Å². The standard InChI is InChI=1S/C23H27N3O5S/c1-23(2,3)22-25-17-14-16(8-10-18(17)31-22)24-21(27)15-7-9-19(30-4)20(13-15)32(28,29)26-11-5-6-12-26/h7-10,13-14H,5-6,11-12H2,1-4H3,(H,24,27). The van der Waals surface area contributed by atoms with E-state index in [1.54, 1.807) is 24.3 Å². The largest absolute Gasteiger partial charge is 0.495 e. The molecule has 1 amide bonds. The summed E-state index contributed by atoms with van der Waals surface area (Å²) >= 11 is 0. The van der Waals surface area contributed by atoms with Crippen molar-refractivity contribution in [2.75, 3.05) is 25.5 Å². The normalized spacial score (nSPS) is 15.2. The van der Waals surface area contributed by atoms with Crippen molar-refractivity contribution >= 4 is 32.7 Å². The van der Waals surface area contributed by atoms with Crippen LogP contribution in [0.5, 0.6) is 5.75 Å². The van der Waals surface area contributed by atoms with Gasteiger partial charge in [-0.15, -0.1) is 0 Å². The first-order chi connectivity index (χ1) is 15.1. The zero-order chi connectivity index (χ0) is 23.1. The Morgan fingerprint density at radius 2 is 1.84 bits per heavy atom. The number of nitrogens with one attached hydrogen (secondary N) is 1. The van der Waals surface area contributed by atoms with Crippen molar-refractivity contribution in [1.82, 2.24) is 9.29 Å². The van der Waals surface area contributed by atoms with Crippen molar-refractivity contribution in [3.05, 3.63) is 47.9 Å². The molecule has 4 rings (SSSR count). The highest BCUT2D eigenvalue weighted by Crippen LogP contribution is 2.31. The number of anilines is 1. The molecule has 0 saturated carbocycles. The van der Waals surface area contributed by atoms with E-state index in [9.17, 15) is 13.2 Å². The molecule has 0 radical (unpaired) electrons. The average Bonchev–Trinajstić information content (AvgIpc) is 3.43. The molecule has 3 aromatic rings. The van der Waals surface area contributed by atoms with Gasteiger partial charge in [-0.2, -0.15) is 4.31 Å². The van der Waals surface area contributed by atoms with Crippen LogP contribution < -0.4 is 10.1 Å². The number of nitrogens with zero attached hydrogens (tertiary/aromatic N) is 2. The summed E-state index contributed by atoms with van der Waals surface area (Å²) in [6.45, 7) is 6.97. The van der Waals surface area contributed by atoms with Crippen molar-refractivity contribution in [1.29, 1.82) is 0 Å². The lowest BCUT2D eigenvalue weighted by Crippen LogP contribution is -2.28. The summed E-state index contributed by atoms with van der Waals surface area (Å²) in [6, 6.07) is 9.64. The molecule has 2 heterocycles. The molecule has 2 aromatic carbocycles. The predicted octanol–water partition coefficient (Wildman–Crippen LogP) is 4.17. The molecule has 0 atom stereocenters. The van der Waals surface area contributed by atoms with Gasteiger partial charge in [0.05, 0.1) is 7.11 Å². The zero-order valence-corrected chi connectivity index (χ0v) is 19.5. The van der Waals surface area contributed by atoms with Gasteiger partial charge < -0.3 is 14.5 Å². The molecule has 0 aliphatic carbocycles. The highest BCUT2D eigenvalue weighted by atomic mass is 32.2. The highest BCUT2D eigenvalue weighted by molar-refractivity contribution is 7.89. The van der Waals surface area contributed by atoms with E-state index >= 15 is 0 Å². The second-order valence-corrected chi connectivity index (χ2v) is 10.8. The number of rotatable bonds is 5. The molecule has 170 valence electrons. The number of benzene rings is 2. The van der Waals surface area contributed by atoms with E-state index in [1.165, 1.54) is 23.5 Å². The fourth-order valence-corrected chi connectivity index (χ4v) is 5.31. The van der Waals surface area contributed by atoms with E-state index < -0.39 is 15.9 Å². The molecule has 1 aliphatic heterocycles. The summed E-state index contributed by atoms with van der Waals surface area (Å²) in [5.74, 6) is 0.402. The minimum atomic E-state index is -3.74. The van der Waals surface area contributed by atoms with Crippen molar-refractivity contribution in [3.8, 4) is 5.75 Å². The Hall–Kier alpha value is -2.91. The van der Waals surface area contributed by atoms with Crippen LogP contribution in [0.1, 0.15) is 49.9 Å². The zero-order valence-electron chi connectivity index (χ0n) is 18.6. The number of carbonyl (C=O) groups excluding carboxylic acids is 1. The molecule has 1 aromatic heterocycles. The van der Waals surface area contributed by atoms with Crippen molar-refractivity contribution in [3.63, 3.8) is 0 Å². The van der Waals surface area contributed by atoms with E-state index in [1.807, 2.05) is 20.8 Å². The van der Waals surface area contributed by atoms with Crippen LogP contribution in [0.15, 0.2) is 45.7 Å². The smallest absolute Gasteiger partial charge is 0.255 e. The number of hydrogen-bond donors (Lipinski definition) is 1. The topological polar surface area (TPSA) is 102 Å². The number of hydrogen-bond acceptors (Lipinski definition) is 6. The van der Waals surface area contributed by atoms with Crippen LogP contribution in [0.4, 0.5) is 5.69 Å². The molecular weight excluding hydrogens is 430 g/mol. The minimum Gasteiger partial charge on any atom is -0.495 e. The van der Waals surface area contributed by atoms with E-state index in [2.05, 4.69) is 10.3 Å². The first kappa shape index (κ1) is 22.3. The van der Waals surface area contributed by atoms with Gasteiger partial charge in [0, 0.05) is 29.8 Å². The molecule has 8 nitrogen and oxygen atoms in total. The van der Waals surface area contributed by atoms with Gasteiger partial charge in [0.2, 0.25) is 15.9 Å². The van der Waals surface area contributed by atoms with Crippen LogP contribution in [-0.4, -0.2) is 43.8 Å². The molecule has 1 saturated heterocycles. The third-order valence-corrected chi connectivity index (χ3v) is 7.32. The number of amides is 1. The molecule has 1 aliphatic rings. The lowest BCUT2D eigenvalue weighted by atomic mass is 9.97. The number of carbonyl (C=O) groups is 1. The third-order valence-electron chi connectivity index (χ3n) is 5.40. The molecule has 9 heteroatoms. The molecule has 32 heavy (non-hydrogen) atoms. The maximum Gasteiger partial charge on any atom is 0.255 e. The molecule has 1 fully saturated rings. The van der Waals surface area contributed by atoms with E-state index in [4.69, 9.17) is 9.15 Å². The van der Waals surface area contributed by atoms with Gasteiger partial charge in [0.15, 0.2) is 5.58 Å². The average molecular weight is 458 g/mol. The summed E-state index contributed by atoms with van der Waals surface area (Å²) < 4.78 is 38.6. The van der Waals surface area contributed by atoms with Crippen LogP contribution in [0.25, 0.3) is 11.1 Å². The van der Waals surface area contributed by atoms with Crippen LogP contribution >= 0.6 is 0 Å². The second-order valence-electron chi connectivity index (χ2n) is 8.88. The number of methoxy groups -OCH3 is 1. The summed E-state index contributed by atoms with van der Waals surface area (Å²) in [7, 11) is -2.33. The van der Waals surface area contributed by atoms with Gasteiger partial charge in [-0.25, -0.2) is 13.4 Å². The Bertz CT molecular complexity index is 1270. The minimum absolute atomic E-state index is 0.00341. The Morgan fingerprint density at radius 1 is 1.12 bits per heavy atom. The first-order valence-corrected chi connectivity index (χ1v) is 11.9. The Labute approximate surface area is 187 Å². The summed E-state index contributed by atoms with van der Waals surface area (Å²) in [5.41, 5.74) is 1.80. The molecule has 1 N–H and O–H groups in total. The first-order valence-electron chi connectivity index (χ1n) is 10.5. The van der Waals surface area contributed by atoms with E-state index in [0.717, 1.165) is 12.8 Å². The van der Waals surface area contributed by atoms with Crippen molar-refractivity contribution < 1.29 is 22.4 Å². The predicted molar refractivity (Wildman–Crippen MR) is 122 cm³/mol. The lowest BCUT2D eigenvalue weighted by Gasteiger charge is -2.18. The Kier molecular flexibility index (Phi) is 5.72. The Morgan fingerprint density at radius 3 is 2.50 bits per heavy atom. The maximum atomic E-state index is 13.1. The van der Waals surface area contributed by atoms with Crippen LogP contribution in [0.3, 0.4) is 0 Å². The molecule has 0 unspecified atom stereocenters. The second kappa shape index (κ2) is 8.22. The summed E-state index contributed by atoms with van der Waals surface area (Å²) in [4.78, 5) is 17.4. The molecule has 0 bridgehead atoms. The van der Waals surface area contributed by atoms with Gasteiger partial charge >= 0.3 is 0 Å². The van der Waals surface area contributed by atoms with Gasteiger partial charge in [-0.1, -0.05) is 20.8 Å². The molecule has 0 spiro atoms. The number of sulfonamides is 1. The van der Waals surface area contributed by atoms with Gasteiger partial charge in [-0.3, -0.25) is 4.79 Å². The highest BCUT2D eigenvalue weighted by Gasteiger charge is 2.30. The van der Waals surface area contributed by atoms with E-state index in [0.29, 0.717) is 35.8 Å². The number of aromatic nitrogens is 1. The van der Waals surface area contributed by atoms with E-state index in [-0.39, 0.29) is 21.6 Å². The molecular formula is C23H27N3O5S. The van der Waals surface area contributed by atoms with Crippen molar-refractivity contribution in [2.24, 2.45) is 0 Å². The van der Waals surface area contributed by atoms with Crippen LogP contribution in [0, 0.1) is 0 Å². The number of ether oxygens (including phenoxy) is 1. The fourth-order valence-electron chi connectivity index (χ4n) is 3.62. The number of fused-ring (bicyclic) bond motifs is 1. The quantitative estimate of drug-likeness (QED) is 0.617. The van der Waals surface area contributed by atoms with Gasteiger partial charge in [0.25, 0.3) is 5.91 Å². The fraction of sp³-hybridized carbons (Fsp3) is 0.391. The SMILES string of the molecule is COc1ccc(C(=O)Nc2ccc3oc(C(C)(C)C)nc3c2)cc1S(=O)(=O)N1CCCC1. The lowest BCUT2D eigenvalue weighted by molar-refractivity contribution is 0.102. The summed E-state index contributed by atoms with van der Waals surface area (Å²) in [5, 5.41) is 2.81. The van der Waals surface area contributed by atoms with Crippen LogP contribution in [0.2, 0.25) is 0 Å². The van der Waals surface area contributed by atoms with Crippen molar-refractivity contribution in [2.45, 2.75) is 43.9 Å². The maximum absolute atomic E-state index is 13.1. The van der Waals surface area contributed by atoms with Crippen LogP contribution in [-0.2, 0) is 15.4 Å². The summed E-state index contributed by atoms with van der Waals surface area (Å²) in [6.07, 6.45) is 1.65. The Balaban J connectivity index is 1.62. The monoisotopic (exact) mass is 457 g/mol.